The van der Waals surface area contributed by atoms with Crippen molar-refractivity contribution >= 4 is 20.1 Å². The lowest BCUT2D eigenvalue weighted by Crippen LogP contribution is -2.58. The summed E-state index contributed by atoms with van der Waals surface area (Å²) in [5.74, 6) is -0.673. The van der Waals surface area contributed by atoms with Crippen molar-refractivity contribution in [2.45, 2.75) is 69.7 Å². The molecule has 0 aromatic rings. The highest BCUT2D eigenvalue weighted by Crippen LogP contribution is 2.52. The van der Waals surface area contributed by atoms with Gasteiger partial charge in [0.15, 0.2) is 0 Å². The fraction of sp³-hybridized carbons (Fsp3) is 0.867. The summed E-state index contributed by atoms with van der Waals surface area (Å²) in [5, 5.41) is 12.4. The quantitative estimate of drug-likeness (QED) is 0.764. The van der Waals surface area contributed by atoms with Gasteiger partial charge in [0.05, 0.1) is 12.0 Å². The smallest absolute Gasteiger partial charge is 0.407 e. The maximum Gasteiger partial charge on any atom is 0.407 e. The Kier molecular flexibility index (Phi) is 4.38. The van der Waals surface area contributed by atoms with Crippen LogP contribution in [-0.2, 0) is 9.53 Å². The van der Waals surface area contributed by atoms with E-state index in [0.717, 1.165) is 25.3 Å². The van der Waals surface area contributed by atoms with Gasteiger partial charge in [0.25, 0.3) is 0 Å². The van der Waals surface area contributed by atoms with Gasteiger partial charge >= 0.3 is 12.1 Å². The van der Waals surface area contributed by atoms with Gasteiger partial charge in [-0.1, -0.05) is 19.6 Å². The average molecular weight is 313 g/mol. The number of nitrogens with one attached hydrogen (secondary N) is 1. The molecule has 3 aliphatic rings. The molecular weight excluding hydrogens is 286 g/mol. The van der Waals surface area contributed by atoms with E-state index < -0.39 is 19.5 Å². The number of ether oxygens (including phenoxy) is 1. The second-order valence-corrected chi connectivity index (χ2v) is 13.6. The Labute approximate surface area is 127 Å². The summed E-state index contributed by atoms with van der Waals surface area (Å²) in [7, 11) is -1.19. The van der Waals surface area contributed by atoms with E-state index in [-0.39, 0.29) is 11.6 Å². The molecule has 0 aromatic heterocycles. The number of fused-ring (bicyclic) bond motifs is 3. The average Bonchev–Trinajstić information content (AvgIpc) is 2.38. The van der Waals surface area contributed by atoms with Crippen LogP contribution in [0.5, 0.6) is 0 Å². The monoisotopic (exact) mass is 313 g/mol. The predicted molar refractivity (Wildman–Crippen MR) is 83.1 cm³/mol. The topological polar surface area (TPSA) is 75.6 Å². The number of hydrogen-bond acceptors (Lipinski definition) is 3. The predicted octanol–water partition coefficient (Wildman–Crippen LogP) is 3.23. The lowest BCUT2D eigenvalue weighted by atomic mass is 9.57. The molecule has 3 saturated carbocycles. The summed E-state index contributed by atoms with van der Waals surface area (Å²) in [6.45, 7) is 7.23. The Bertz CT molecular complexity index is 405. The van der Waals surface area contributed by atoms with Gasteiger partial charge in [-0.15, -0.1) is 0 Å². The van der Waals surface area contributed by atoms with Crippen LogP contribution in [0.25, 0.3) is 0 Å². The molecule has 3 rings (SSSR count). The van der Waals surface area contributed by atoms with Crippen molar-refractivity contribution in [1.82, 2.24) is 5.32 Å². The number of amides is 1. The molecule has 0 spiro atoms. The number of carboxylic acids is 1. The Morgan fingerprint density at radius 2 is 1.62 bits per heavy atom. The second-order valence-electron chi connectivity index (χ2n) is 7.94. The highest BCUT2D eigenvalue weighted by Gasteiger charge is 2.53. The van der Waals surface area contributed by atoms with Gasteiger partial charge in [-0.3, -0.25) is 4.79 Å². The van der Waals surface area contributed by atoms with Crippen LogP contribution in [0.15, 0.2) is 0 Å². The van der Waals surface area contributed by atoms with Gasteiger partial charge in [-0.25, -0.2) is 4.79 Å². The van der Waals surface area contributed by atoms with Crippen molar-refractivity contribution in [3.8, 4) is 0 Å². The number of rotatable bonds is 5. The largest absolute Gasteiger partial charge is 0.481 e. The van der Waals surface area contributed by atoms with Crippen LogP contribution in [0.2, 0.25) is 25.7 Å². The molecule has 0 unspecified atom stereocenters. The Morgan fingerprint density at radius 3 is 2.05 bits per heavy atom. The van der Waals surface area contributed by atoms with Gasteiger partial charge in [0.2, 0.25) is 0 Å². The SMILES string of the molecule is C[Si](C)(C)CCOC(=O)NC12CCC(C(=O)O)(CC1)CC2. The Morgan fingerprint density at radius 1 is 1.10 bits per heavy atom. The lowest BCUT2D eigenvalue weighted by Gasteiger charge is -2.51. The van der Waals surface area contributed by atoms with E-state index in [0.29, 0.717) is 25.9 Å². The molecule has 120 valence electrons. The van der Waals surface area contributed by atoms with Gasteiger partial charge in [-0.2, -0.15) is 0 Å². The number of carbonyl (C=O) groups excluding carboxylic acids is 1. The lowest BCUT2D eigenvalue weighted by molar-refractivity contribution is -0.156. The van der Waals surface area contributed by atoms with E-state index in [9.17, 15) is 14.7 Å². The maximum absolute atomic E-state index is 12.0. The van der Waals surface area contributed by atoms with Crippen molar-refractivity contribution in [2.24, 2.45) is 5.41 Å². The molecule has 1 amide bonds. The molecule has 0 atom stereocenters. The van der Waals surface area contributed by atoms with E-state index in [1.165, 1.54) is 0 Å². The third-order valence-corrected chi connectivity index (χ3v) is 6.86. The molecule has 2 bridgehead atoms. The summed E-state index contributed by atoms with van der Waals surface area (Å²) in [5.41, 5.74) is -0.765. The van der Waals surface area contributed by atoms with Crippen molar-refractivity contribution in [3.63, 3.8) is 0 Å². The summed E-state index contributed by atoms with van der Waals surface area (Å²) in [6.07, 6.45) is 3.91. The Hall–Kier alpha value is -1.04. The highest BCUT2D eigenvalue weighted by atomic mass is 28.3. The molecule has 3 fully saturated rings. The van der Waals surface area contributed by atoms with Crippen LogP contribution < -0.4 is 5.32 Å². The first-order chi connectivity index (χ1) is 9.67. The third-order valence-electron chi connectivity index (χ3n) is 5.15. The zero-order valence-electron chi connectivity index (χ0n) is 13.3. The maximum atomic E-state index is 12.0. The molecule has 0 radical (unpaired) electrons. The van der Waals surface area contributed by atoms with Crippen molar-refractivity contribution in [2.75, 3.05) is 6.61 Å². The fourth-order valence-corrected chi connectivity index (χ4v) is 4.11. The zero-order valence-corrected chi connectivity index (χ0v) is 14.3. The summed E-state index contributed by atoms with van der Waals surface area (Å²) >= 11 is 0. The number of carbonyl (C=O) groups is 2. The number of hydrogen-bond donors (Lipinski definition) is 2. The molecule has 6 heteroatoms. The van der Waals surface area contributed by atoms with Gasteiger partial charge in [0, 0.05) is 13.6 Å². The molecule has 3 aliphatic carbocycles. The second kappa shape index (κ2) is 5.63. The molecular formula is C15H27NO4Si. The van der Waals surface area contributed by atoms with Crippen LogP contribution in [-0.4, -0.2) is 37.4 Å². The zero-order chi connectivity index (χ0) is 15.7. The summed E-state index contributed by atoms with van der Waals surface area (Å²) in [6, 6.07) is 0.968. The first kappa shape index (κ1) is 16.3. The molecule has 5 nitrogen and oxygen atoms in total. The summed E-state index contributed by atoms with van der Waals surface area (Å²) in [4.78, 5) is 23.3. The van der Waals surface area contributed by atoms with E-state index in [4.69, 9.17) is 4.74 Å². The van der Waals surface area contributed by atoms with E-state index >= 15 is 0 Å². The number of carboxylic acid groups (broad SMARTS) is 1. The molecule has 0 saturated heterocycles. The van der Waals surface area contributed by atoms with Crippen LogP contribution in [0.4, 0.5) is 4.79 Å². The molecule has 2 N–H and O–H groups in total. The number of alkyl carbamates (subject to hydrolysis) is 1. The van der Waals surface area contributed by atoms with E-state index in [2.05, 4.69) is 25.0 Å². The van der Waals surface area contributed by atoms with Crippen LogP contribution in [0.1, 0.15) is 38.5 Å². The minimum Gasteiger partial charge on any atom is -0.481 e. The van der Waals surface area contributed by atoms with Crippen molar-refractivity contribution in [3.05, 3.63) is 0 Å². The third kappa shape index (κ3) is 3.78. The molecule has 0 heterocycles. The van der Waals surface area contributed by atoms with Crippen molar-refractivity contribution < 1.29 is 19.4 Å². The first-order valence-corrected chi connectivity index (χ1v) is 11.6. The molecule has 0 aromatic carbocycles. The van der Waals surface area contributed by atoms with Crippen LogP contribution in [0.3, 0.4) is 0 Å². The minimum absolute atomic E-state index is 0.229. The normalized spacial score (nSPS) is 31.8. The van der Waals surface area contributed by atoms with Gasteiger partial charge in [0.1, 0.15) is 0 Å². The van der Waals surface area contributed by atoms with Crippen molar-refractivity contribution in [1.29, 1.82) is 0 Å². The standard InChI is InChI=1S/C15H27NO4Si/c1-21(2,3)11-10-20-13(19)16-15-7-4-14(5-8-15,6-9-15)12(17)18/h4-11H2,1-3H3,(H,16,19)(H,17,18). The van der Waals surface area contributed by atoms with E-state index in [1.54, 1.807) is 0 Å². The molecule has 21 heavy (non-hydrogen) atoms. The fourth-order valence-electron chi connectivity index (χ4n) is 3.40. The van der Waals surface area contributed by atoms with Gasteiger partial charge in [-0.05, 0) is 44.6 Å². The van der Waals surface area contributed by atoms with Crippen LogP contribution >= 0.6 is 0 Å². The first-order valence-electron chi connectivity index (χ1n) is 7.85. The Balaban J connectivity index is 1.82. The highest BCUT2D eigenvalue weighted by molar-refractivity contribution is 6.76. The summed E-state index contributed by atoms with van der Waals surface area (Å²) < 4.78 is 5.31. The minimum atomic E-state index is -1.19. The number of aliphatic carboxylic acids is 1. The van der Waals surface area contributed by atoms with E-state index in [1.807, 2.05) is 0 Å². The van der Waals surface area contributed by atoms with Crippen LogP contribution in [0, 0.1) is 5.41 Å². The van der Waals surface area contributed by atoms with Gasteiger partial charge < -0.3 is 15.2 Å². The molecule has 0 aliphatic heterocycles.